The molecule has 3 aromatic rings. The van der Waals surface area contributed by atoms with E-state index in [1.54, 1.807) is 30.3 Å². The Morgan fingerprint density at radius 3 is 2.17 bits per heavy atom. The van der Waals surface area contributed by atoms with Gasteiger partial charge in [0, 0.05) is 23.4 Å². The van der Waals surface area contributed by atoms with Crippen LogP contribution in [0.4, 0.5) is 8.78 Å². The summed E-state index contributed by atoms with van der Waals surface area (Å²) < 4.78 is 77.9. The zero-order chi connectivity index (χ0) is 22.3. The Labute approximate surface area is 177 Å². The van der Waals surface area contributed by atoms with Gasteiger partial charge < -0.3 is 5.11 Å². The molecule has 0 aliphatic heterocycles. The van der Waals surface area contributed by atoms with Gasteiger partial charge >= 0.3 is 0 Å². The molecule has 3 rings (SSSR count). The van der Waals surface area contributed by atoms with Gasteiger partial charge in [-0.05, 0) is 23.8 Å². The summed E-state index contributed by atoms with van der Waals surface area (Å²) in [4.78, 5) is -1.19. The first-order valence-electron chi connectivity index (χ1n) is 8.39. The van der Waals surface area contributed by atoms with Crippen molar-refractivity contribution in [1.82, 2.24) is 0 Å². The Hall–Kier alpha value is -2.49. The van der Waals surface area contributed by atoms with E-state index in [9.17, 15) is 30.7 Å². The van der Waals surface area contributed by atoms with Crippen LogP contribution in [0.3, 0.4) is 0 Å². The Bertz CT molecular complexity index is 1340. The fourth-order valence-electron chi connectivity index (χ4n) is 2.83. The average Bonchev–Trinajstić information content (AvgIpc) is 2.65. The molecule has 0 saturated heterocycles. The zero-order valence-corrected chi connectivity index (χ0v) is 17.8. The van der Waals surface area contributed by atoms with E-state index in [0.717, 1.165) is 24.5 Å². The fraction of sp³-hybridized carbons (Fsp3) is 0.100. The molecule has 0 spiro atoms. The van der Waals surface area contributed by atoms with Gasteiger partial charge in [0.05, 0.1) is 15.7 Å². The Morgan fingerprint density at radius 2 is 1.57 bits per heavy atom. The number of rotatable bonds is 5. The number of hydrogen-bond donors (Lipinski definition) is 1. The van der Waals surface area contributed by atoms with E-state index in [4.69, 9.17) is 11.6 Å². The molecule has 1 N–H and O–H groups in total. The number of hydrogen-bond acceptors (Lipinski definition) is 5. The van der Waals surface area contributed by atoms with E-state index < -0.39 is 57.6 Å². The Kier molecular flexibility index (Phi) is 5.90. The quantitative estimate of drug-likeness (QED) is 0.595. The second-order valence-corrected chi connectivity index (χ2v) is 11.0. The molecule has 0 radical (unpaired) electrons. The summed E-state index contributed by atoms with van der Waals surface area (Å²) in [7, 11) is -8.28. The van der Waals surface area contributed by atoms with Crippen LogP contribution in [0.1, 0.15) is 5.56 Å². The lowest BCUT2D eigenvalue weighted by Gasteiger charge is -2.12. The van der Waals surface area contributed by atoms with Gasteiger partial charge in [-0.25, -0.2) is 25.6 Å². The molecule has 0 atom stereocenters. The molecular weight excluding hydrogens is 458 g/mol. The molecule has 3 aromatic carbocycles. The molecule has 5 nitrogen and oxygen atoms in total. The summed E-state index contributed by atoms with van der Waals surface area (Å²) in [5.41, 5.74) is 0.0588. The summed E-state index contributed by atoms with van der Waals surface area (Å²) in [5, 5.41) is 9.60. The maximum atomic E-state index is 14.4. The van der Waals surface area contributed by atoms with Gasteiger partial charge in [-0.2, -0.15) is 0 Å². The maximum Gasteiger partial charge on any atom is 0.186 e. The number of phenols is 1. The molecule has 0 fully saturated rings. The van der Waals surface area contributed by atoms with Crippen molar-refractivity contribution in [2.24, 2.45) is 0 Å². The topological polar surface area (TPSA) is 88.5 Å². The molecule has 0 heterocycles. The van der Waals surface area contributed by atoms with Crippen LogP contribution >= 0.6 is 11.6 Å². The third-order valence-electron chi connectivity index (χ3n) is 4.33. The summed E-state index contributed by atoms with van der Waals surface area (Å²) in [5.74, 6) is -3.77. The number of aromatic hydroxyl groups is 1. The van der Waals surface area contributed by atoms with Gasteiger partial charge in [0.15, 0.2) is 25.4 Å². The highest BCUT2D eigenvalue weighted by molar-refractivity contribution is 7.91. The standard InChI is InChI=1S/C20H15ClF2O5S2/c1-29(25,26)14-8-16(21)20(24)19(9-14)30(27,28)11-13-7-15(18(23)10-17(13)22)12-5-3-2-4-6-12/h2-10,24H,11H2,1H3. The van der Waals surface area contributed by atoms with E-state index in [-0.39, 0.29) is 11.1 Å². The SMILES string of the molecule is CS(=O)(=O)c1cc(Cl)c(O)c(S(=O)(=O)Cc2cc(-c3ccccc3)c(F)cc2F)c1. The minimum atomic E-state index is -4.44. The summed E-state index contributed by atoms with van der Waals surface area (Å²) in [6, 6.07) is 11.5. The normalized spacial score (nSPS) is 12.1. The maximum absolute atomic E-state index is 14.4. The van der Waals surface area contributed by atoms with Crippen molar-refractivity contribution in [2.45, 2.75) is 15.5 Å². The molecule has 0 bridgehead atoms. The highest BCUT2D eigenvalue weighted by Crippen LogP contribution is 2.36. The van der Waals surface area contributed by atoms with Crippen LogP contribution in [0.2, 0.25) is 5.02 Å². The van der Waals surface area contributed by atoms with Gasteiger partial charge in [0.1, 0.15) is 16.5 Å². The van der Waals surface area contributed by atoms with Crippen LogP contribution < -0.4 is 0 Å². The molecule has 10 heteroatoms. The van der Waals surface area contributed by atoms with Gasteiger partial charge in [0.2, 0.25) is 0 Å². The Balaban J connectivity index is 2.12. The second kappa shape index (κ2) is 7.98. The van der Waals surface area contributed by atoms with Crippen molar-refractivity contribution in [3.05, 3.63) is 76.8 Å². The monoisotopic (exact) mass is 472 g/mol. The lowest BCUT2D eigenvalue weighted by molar-refractivity contribution is 0.458. The van der Waals surface area contributed by atoms with Gasteiger partial charge in [-0.15, -0.1) is 0 Å². The third kappa shape index (κ3) is 4.48. The van der Waals surface area contributed by atoms with Gasteiger partial charge in [0.25, 0.3) is 0 Å². The van der Waals surface area contributed by atoms with Gasteiger partial charge in [-0.3, -0.25) is 0 Å². The highest BCUT2D eigenvalue weighted by Gasteiger charge is 2.26. The van der Waals surface area contributed by atoms with Crippen molar-refractivity contribution in [3.63, 3.8) is 0 Å². The van der Waals surface area contributed by atoms with Crippen LogP contribution in [0.15, 0.2) is 64.4 Å². The molecule has 30 heavy (non-hydrogen) atoms. The molecule has 0 amide bonds. The van der Waals surface area contributed by atoms with Crippen LogP contribution in [0, 0.1) is 11.6 Å². The second-order valence-electron chi connectivity index (χ2n) is 6.57. The number of benzene rings is 3. The predicted octanol–water partition coefficient (Wildman–Crippen LogP) is 4.37. The summed E-state index contributed by atoms with van der Waals surface area (Å²) in [6.07, 6.45) is 0.845. The van der Waals surface area contributed by atoms with E-state index in [1.165, 1.54) is 0 Å². The van der Waals surface area contributed by atoms with Crippen molar-refractivity contribution in [3.8, 4) is 16.9 Å². The van der Waals surface area contributed by atoms with E-state index in [2.05, 4.69) is 0 Å². The van der Waals surface area contributed by atoms with E-state index in [0.29, 0.717) is 11.6 Å². The molecule has 0 aliphatic carbocycles. The predicted molar refractivity (Wildman–Crippen MR) is 109 cm³/mol. The van der Waals surface area contributed by atoms with Crippen LogP contribution in [0.25, 0.3) is 11.1 Å². The van der Waals surface area contributed by atoms with Crippen LogP contribution in [0.5, 0.6) is 5.75 Å². The smallest absolute Gasteiger partial charge is 0.186 e. The zero-order valence-electron chi connectivity index (χ0n) is 15.4. The molecule has 0 aliphatic rings. The summed E-state index contributed by atoms with van der Waals surface area (Å²) >= 11 is 5.79. The van der Waals surface area contributed by atoms with Crippen LogP contribution in [-0.4, -0.2) is 28.2 Å². The molecule has 0 aromatic heterocycles. The van der Waals surface area contributed by atoms with Crippen molar-refractivity contribution in [1.29, 1.82) is 0 Å². The fourth-order valence-corrected chi connectivity index (χ4v) is 5.40. The largest absolute Gasteiger partial charge is 0.505 e. The first kappa shape index (κ1) is 22.2. The van der Waals surface area contributed by atoms with Gasteiger partial charge in [-0.1, -0.05) is 41.9 Å². The van der Waals surface area contributed by atoms with E-state index >= 15 is 0 Å². The Morgan fingerprint density at radius 1 is 0.933 bits per heavy atom. The molecule has 158 valence electrons. The molecule has 0 saturated carbocycles. The first-order valence-corrected chi connectivity index (χ1v) is 12.3. The number of halogens is 3. The minimum Gasteiger partial charge on any atom is -0.505 e. The lowest BCUT2D eigenvalue weighted by atomic mass is 10.0. The number of phenolic OH excluding ortho intramolecular Hbond substituents is 1. The third-order valence-corrected chi connectivity index (χ3v) is 7.38. The van der Waals surface area contributed by atoms with Crippen LogP contribution in [-0.2, 0) is 25.4 Å². The van der Waals surface area contributed by atoms with E-state index in [1.807, 2.05) is 0 Å². The average molecular weight is 473 g/mol. The van der Waals surface area contributed by atoms with Crippen molar-refractivity contribution >= 4 is 31.3 Å². The molecular formula is C20H15ClF2O5S2. The summed E-state index contributed by atoms with van der Waals surface area (Å²) in [6.45, 7) is 0. The minimum absolute atomic E-state index is 0.00524. The lowest BCUT2D eigenvalue weighted by Crippen LogP contribution is -2.09. The van der Waals surface area contributed by atoms with Crippen molar-refractivity contribution < 1.29 is 30.7 Å². The first-order chi connectivity index (χ1) is 13.9. The number of sulfone groups is 2. The highest BCUT2D eigenvalue weighted by atomic mass is 35.5. The van der Waals surface area contributed by atoms with Crippen molar-refractivity contribution in [2.75, 3.05) is 6.26 Å². The molecule has 0 unspecified atom stereocenters.